The van der Waals surface area contributed by atoms with E-state index in [4.69, 9.17) is 0 Å². The Labute approximate surface area is 149 Å². The van der Waals surface area contributed by atoms with E-state index in [1.54, 1.807) is 4.88 Å². The van der Waals surface area contributed by atoms with E-state index in [0.29, 0.717) is 6.04 Å². The number of guanidine groups is 1. The Morgan fingerprint density at radius 2 is 2.29 bits per heavy atom. The summed E-state index contributed by atoms with van der Waals surface area (Å²) in [4.78, 5) is 8.37. The van der Waals surface area contributed by atoms with Crippen LogP contribution in [0, 0.1) is 0 Å². The van der Waals surface area contributed by atoms with Crippen LogP contribution in [0.4, 0.5) is 0 Å². The van der Waals surface area contributed by atoms with Gasteiger partial charge in [-0.1, -0.05) is 6.92 Å². The second kappa shape index (κ2) is 9.63. The molecule has 0 bridgehead atoms. The second-order valence-corrected chi connectivity index (χ2v) is 6.32. The van der Waals surface area contributed by atoms with Crippen LogP contribution < -0.4 is 10.6 Å². The minimum Gasteiger partial charge on any atom is -0.356 e. The van der Waals surface area contributed by atoms with E-state index < -0.39 is 0 Å². The molecule has 0 aliphatic carbocycles. The molecular formula is C15H27IN4S. The summed E-state index contributed by atoms with van der Waals surface area (Å²) in [7, 11) is 1.83. The van der Waals surface area contributed by atoms with Crippen molar-refractivity contribution in [2.75, 3.05) is 26.7 Å². The van der Waals surface area contributed by atoms with Gasteiger partial charge in [-0.05, 0) is 36.8 Å². The fourth-order valence-corrected chi connectivity index (χ4v) is 3.37. The highest BCUT2D eigenvalue weighted by Gasteiger charge is 2.21. The number of aliphatic imine (C=N–C) groups is 1. The van der Waals surface area contributed by atoms with Gasteiger partial charge < -0.3 is 10.6 Å². The molecule has 0 saturated heterocycles. The highest BCUT2D eigenvalue weighted by atomic mass is 127. The van der Waals surface area contributed by atoms with E-state index in [1.165, 1.54) is 12.0 Å². The van der Waals surface area contributed by atoms with Crippen molar-refractivity contribution in [1.29, 1.82) is 0 Å². The van der Waals surface area contributed by atoms with Crippen LogP contribution >= 0.6 is 35.3 Å². The normalized spacial score (nSPS) is 16.8. The van der Waals surface area contributed by atoms with Crippen molar-refractivity contribution in [1.82, 2.24) is 15.5 Å². The first-order chi connectivity index (χ1) is 9.74. The molecule has 4 nitrogen and oxygen atoms in total. The maximum atomic E-state index is 4.25. The van der Waals surface area contributed by atoms with Gasteiger partial charge in [-0.25, -0.2) is 0 Å². The van der Waals surface area contributed by atoms with Crippen LogP contribution in [-0.2, 0) is 13.0 Å². The van der Waals surface area contributed by atoms with Crippen LogP contribution in [-0.4, -0.2) is 43.6 Å². The minimum atomic E-state index is 0. The molecule has 0 saturated carbocycles. The van der Waals surface area contributed by atoms with Gasteiger partial charge in [0.25, 0.3) is 0 Å². The Morgan fingerprint density at radius 1 is 1.48 bits per heavy atom. The molecule has 21 heavy (non-hydrogen) atoms. The zero-order valence-corrected chi connectivity index (χ0v) is 16.3. The average Bonchev–Trinajstić information content (AvgIpc) is 2.94. The van der Waals surface area contributed by atoms with Crippen molar-refractivity contribution < 1.29 is 0 Å². The molecule has 1 aromatic rings. The first-order valence-electron chi connectivity index (χ1n) is 7.48. The maximum Gasteiger partial charge on any atom is 0.191 e. The summed E-state index contributed by atoms with van der Waals surface area (Å²) in [5, 5.41) is 8.95. The Balaban J connectivity index is 0.00000220. The lowest BCUT2D eigenvalue weighted by atomic mass is 10.1. The largest absolute Gasteiger partial charge is 0.356 e. The number of rotatable bonds is 5. The molecule has 0 spiro atoms. The second-order valence-electron chi connectivity index (χ2n) is 5.32. The summed E-state index contributed by atoms with van der Waals surface area (Å²) < 4.78 is 0. The molecule has 0 aromatic carbocycles. The summed E-state index contributed by atoms with van der Waals surface area (Å²) >= 11 is 1.90. The Morgan fingerprint density at radius 3 is 3.00 bits per heavy atom. The number of hydrogen-bond acceptors (Lipinski definition) is 3. The van der Waals surface area contributed by atoms with Crippen LogP contribution in [0.1, 0.15) is 30.7 Å². The third-order valence-electron chi connectivity index (χ3n) is 3.79. The first kappa shape index (κ1) is 18.7. The number of nitrogens with zero attached hydrogens (tertiary/aromatic N) is 2. The minimum absolute atomic E-state index is 0. The monoisotopic (exact) mass is 422 g/mol. The zero-order chi connectivity index (χ0) is 14.4. The van der Waals surface area contributed by atoms with E-state index in [0.717, 1.165) is 38.6 Å². The molecule has 120 valence electrons. The van der Waals surface area contributed by atoms with Crippen molar-refractivity contribution >= 4 is 41.3 Å². The highest BCUT2D eigenvalue weighted by Crippen LogP contribution is 2.24. The molecule has 0 fully saturated rings. The van der Waals surface area contributed by atoms with Gasteiger partial charge in [0.15, 0.2) is 5.96 Å². The Kier molecular flexibility index (Phi) is 8.58. The molecule has 2 rings (SSSR count). The molecule has 1 atom stereocenters. The fourth-order valence-electron chi connectivity index (χ4n) is 2.48. The van der Waals surface area contributed by atoms with E-state index in [1.807, 2.05) is 18.4 Å². The third-order valence-corrected chi connectivity index (χ3v) is 4.81. The molecule has 2 N–H and O–H groups in total. The Hall–Kier alpha value is -0.340. The summed E-state index contributed by atoms with van der Waals surface area (Å²) in [5.41, 5.74) is 1.52. The van der Waals surface area contributed by atoms with Gasteiger partial charge in [-0.2, -0.15) is 0 Å². The lowest BCUT2D eigenvalue weighted by Gasteiger charge is -2.32. The van der Waals surface area contributed by atoms with Crippen molar-refractivity contribution in [2.24, 2.45) is 4.99 Å². The van der Waals surface area contributed by atoms with Crippen LogP contribution in [0.5, 0.6) is 0 Å². The molecule has 1 aromatic heterocycles. The van der Waals surface area contributed by atoms with Crippen LogP contribution in [0.25, 0.3) is 0 Å². The molecule has 1 unspecified atom stereocenters. The lowest BCUT2D eigenvalue weighted by molar-refractivity contribution is 0.192. The summed E-state index contributed by atoms with van der Waals surface area (Å²) in [5.74, 6) is 0.909. The van der Waals surface area contributed by atoms with Crippen LogP contribution in [0.15, 0.2) is 16.4 Å². The number of thiophene rings is 1. The summed E-state index contributed by atoms with van der Waals surface area (Å²) in [6.07, 6.45) is 2.31. The number of halogens is 1. The number of hydrogen-bond donors (Lipinski definition) is 2. The van der Waals surface area contributed by atoms with Crippen molar-refractivity contribution in [3.8, 4) is 0 Å². The fraction of sp³-hybridized carbons (Fsp3) is 0.667. The quantitative estimate of drug-likeness (QED) is 0.436. The van der Waals surface area contributed by atoms with Crippen molar-refractivity contribution in [3.05, 3.63) is 21.9 Å². The van der Waals surface area contributed by atoms with Crippen LogP contribution in [0.2, 0.25) is 0 Å². The molecule has 1 aliphatic heterocycles. The summed E-state index contributed by atoms with van der Waals surface area (Å²) in [6, 6.07) is 2.79. The zero-order valence-electron chi connectivity index (χ0n) is 13.2. The van der Waals surface area contributed by atoms with Crippen LogP contribution in [0.3, 0.4) is 0 Å². The molecule has 0 radical (unpaired) electrons. The third kappa shape index (κ3) is 5.41. The van der Waals surface area contributed by atoms with E-state index in [2.05, 4.69) is 45.8 Å². The number of nitrogens with one attached hydrogen (secondary N) is 2. The van der Waals surface area contributed by atoms with Gasteiger partial charge >= 0.3 is 0 Å². The van der Waals surface area contributed by atoms with Gasteiger partial charge in [0.1, 0.15) is 0 Å². The van der Waals surface area contributed by atoms with Gasteiger partial charge in [0, 0.05) is 44.1 Å². The molecule has 0 amide bonds. The first-order valence-corrected chi connectivity index (χ1v) is 8.36. The SMILES string of the molecule is CCCNC(=NC)NCC(C)N1CCc2sccc2C1.I. The lowest BCUT2D eigenvalue weighted by Crippen LogP contribution is -2.47. The smallest absolute Gasteiger partial charge is 0.191 e. The van der Waals surface area contributed by atoms with E-state index in [-0.39, 0.29) is 24.0 Å². The van der Waals surface area contributed by atoms with Gasteiger partial charge in [0.05, 0.1) is 0 Å². The average molecular weight is 422 g/mol. The molecule has 6 heteroatoms. The van der Waals surface area contributed by atoms with Gasteiger partial charge in [-0.3, -0.25) is 9.89 Å². The summed E-state index contributed by atoms with van der Waals surface area (Å²) in [6.45, 7) is 8.60. The predicted molar refractivity (Wildman–Crippen MR) is 103 cm³/mol. The highest BCUT2D eigenvalue weighted by molar-refractivity contribution is 14.0. The standard InChI is InChI=1S/C15H26N4S.HI/c1-4-7-17-15(16-3)18-10-12(2)19-8-5-14-13(11-19)6-9-20-14;/h6,9,12H,4-5,7-8,10-11H2,1-3H3,(H2,16,17,18);1H. The molecule has 2 heterocycles. The van der Waals surface area contributed by atoms with E-state index >= 15 is 0 Å². The Bertz CT molecular complexity index is 447. The molecular weight excluding hydrogens is 395 g/mol. The van der Waals surface area contributed by atoms with Gasteiger partial charge in [0.2, 0.25) is 0 Å². The predicted octanol–water partition coefficient (Wildman–Crippen LogP) is 2.69. The topological polar surface area (TPSA) is 39.7 Å². The van der Waals surface area contributed by atoms with E-state index in [9.17, 15) is 0 Å². The molecule has 1 aliphatic rings. The number of fused-ring (bicyclic) bond motifs is 1. The van der Waals surface area contributed by atoms with Crippen molar-refractivity contribution in [2.45, 2.75) is 39.3 Å². The van der Waals surface area contributed by atoms with Crippen molar-refractivity contribution in [3.63, 3.8) is 0 Å². The van der Waals surface area contributed by atoms with Gasteiger partial charge in [-0.15, -0.1) is 35.3 Å². The maximum absolute atomic E-state index is 4.25.